The van der Waals surface area contributed by atoms with Crippen molar-refractivity contribution in [3.63, 3.8) is 0 Å². The Bertz CT molecular complexity index is 890. The number of sulfonamides is 1. The van der Waals surface area contributed by atoms with Crippen LogP contribution < -0.4 is 10.6 Å². The van der Waals surface area contributed by atoms with Crippen LogP contribution in [0, 0.1) is 5.92 Å². The lowest BCUT2D eigenvalue weighted by Crippen LogP contribution is -2.41. The Morgan fingerprint density at radius 2 is 2.03 bits per heavy atom. The second-order valence-corrected chi connectivity index (χ2v) is 9.05. The van der Waals surface area contributed by atoms with Crippen molar-refractivity contribution < 1.29 is 27.5 Å². The van der Waals surface area contributed by atoms with Crippen LogP contribution >= 0.6 is 11.6 Å². The normalized spacial score (nSPS) is 17.4. The van der Waals surface area contributed by atoms with Crippen molar-refractivity contribution in [1.82, 2.24) is 14.9 Å². The molecule has 11 heteroatoms. The largest absolute Gasteiger partial charge is 0.452 e. The first kappa shape index (κ1) is 23.1. The van der Waals surface area contributed by atoms with Gasteiger partial charge in [0.25, 0.3) is 5.91 Å². The van der Waals surface area contributed by atoms with Gasteiger partial charge in [-0.25, -0.2) is 18.0 Å². The highest BCUT2D eigenvalue weighted by Gasteiger charge is 2.31. The second-order valence-electron chi connectivity index (χ2n) is 6.74. The molecular weight excluding hydrogens is 422 g/mol. The number of hydrogen-bond acceptors (Lipinski definition) is 6. The Kier molecular flexibility index (Phi) is 8.00. The highest BCUT2D eigenvalue weighted by atomic mass is 35.5. The molecule has 2 rings (SSSR count). The number of esters is 1. The molecule has 0 spiro atoms. The second kappa shape index (κ2) is 10.0. The Labute approximate surface area is 174 Å². The summed E-state index contributed by atoms with van der Waals surface area (Å²) in [5.41, 5.74) is -0.0659. The van der Waals surface area contributed by atoms with Gasteiger partial charge in [0, 0.05) is 19.6 Å². The van der Waals surface area contributed by atoms with Crippen molar-refractivity contribution >= 4 is 39.5 Å². The standard InChI is InChI=1S/C18H24ClN3O6S/c1-3-20-18(25)21-16(23)11-28-17(24)13-6-7-14(19)15(9-13)29(26,27)22-8-4-5-12(2)10-22/h6-7,9,12H,3-5,8,10-11H2,1-2H3,(H2,20,21,23,25)/t12-/m0/s1. The number of nitrogens with one attached hydrogen (secondary N) is 2. The van der Waals surface area contributed by atoms with Gasteiger partial charge in [0.05, 0.1) is 10.6 Å². The van der Waals surface area contributed by atoms with E-state index in [0.29, 0.717) is 19.6 Å². The summed E-state index contributed by atoms with van der Waals surface area (Å²) in [7, 11) is -3.87. The van der Waals surface area contributed by atoms with Gasteiger partial charge in [0.2, 0.25) is 10.0 Å². The summed E-state index contributed by atoms with van der Waals surface area (Å²) in [6.07, 6.45) is 1.70. The Morgan fingerprint density at radius 3 is 2.69 bits per heavy atom. The van der Waals surface area contributed by atoms with Crippen LogP contribution in [0.1, 0.15) is 37.0 Å². The van der Waals surface area contributed by atoms with Crippen molar-refractivity contribution in [1.29, 1.82) is 0 Å². The molecule has 29 heavy (non-hydrogen) atoms. The van der Waals surface area contributed by atoms with Crippen LogP contribution in [-0.2, 0) is 19.6 Å². The quantitative estimate of drug-likeness (QED) is 0.643. The number of halogens is 1. The minimum atomic E-state index is -3.87. The first-order valence-electron chi connectivity index (χ1n) is 9.19. The van der Waals surface area contributed by atoms with Crippen LogP contribution in [0.4, 0.5) is 4.79 Å². The zero-order valence-electron chi connectivity index (χ0n) is 16.2. The third kappa shape index (κ3) is 6.15. The first-order chi connectivity index (χ1) is 13.6. The SMILES string of the molecule is CCNC(=O)NC(=O)COC(=O)c1ccc(Cl)c(S(=O)(=O)N2CCC[C@H](C)C2)c1. The number of urea groups is 1. The predicted octanol–water partition coefficient (Wildman–Crippen LogP) is 1.76. The summed E-state index contributed by atoms with van der Waals surface area (Å²) in [5.74, 6) is -1.49. The van der Waals surface area contributed by atoms with Gasteiger partial charge in [-0.3, -0.25) is 10.1 Å². The fourth-order valence-corrected chi connectivity index (χ4v) is 5.01. The molecule has 1 fully saturated rings. The van der Waals surface area contributed by atoms with E-state index in [2.05, 4.69) is 5.32 Å². The predicted molar refractivity (Wildman–Crippen MR) is 106 cm³/mol. The highest BCUT2D eigenvalue weighted by molar-refractivity contribution is 7.89. The maximum Gasteiger partial charge on any atom is 0.338 e. The van der Waals surface area contributed by atoms with Gasteiger partial charge in [-0.15, -0.1) is 0 Å². The molecule has 3 amide bonds. The summed E-state index contributed by atoms with van der Waals surface area (Å²) >= 11 is 6.09. The molecular formula is C18H24ClN3O6S. The Morgan fingerprint density at radius 1 is 1.31 bits per heavy atom. The number of amides is 3. The molecule has 0 aromatic heterocycles. The molecule has 1 saturated heterocycles. The molecule has 1 heterocycles. The van der Waals surface area contributed by atoms with Crippen molar-refractivity contribution in [3.8, 4) is 0 Å². The van der Waals surface area contributed by atoms with E-state index in [1.165, 1.54) is 16.4 Å². The van der Waals surface area contributed by atoms with Crippen molar-refractivity contribution in [2.45, 2.75) is 31.6 Å². The number of carbonyl (C=O) groups excluding carboxylic acids is 3. The minimum absolute atomic E-state index is 0.00578. The average molecular weight is 446 g/mol. The van der Waals surface area contributed by atoms with Crippen LogP contribution in [-0.4, -0.2) is 56.9 Å². The van der Waals surface area contributed by atoms with Gasteiger partial charge in [0.15, 0.2) is 6.61 Å². The number of carbonyl (C=O) groups is 3. The molecule has 0 radical (unpaired) electrons. The molecule has 0 bridgehead atoms. The number of imide groups is 1. The number of hydrogen-bond donors (Lipinski definition) is 2. The maximum atomic E-state index is 13.0. The van der Waals surface area contributed by atoms with Crippen LogP contribution in [0.3, 0.4) is 0 Å². The van der Waals surface area contributed by atoms with Crippen LogP contribution in [0.15, 0.2) is 23.1 Å². The van der Waals surface area contributed by atoms with Gasteiger partial charge >= 0.3 is 12.0 Å². The summed E-state index contributed by atoms with van der Waals surface area (Å²) in [5, 5.41) is 4.35. The molecule has 2 N–H and O–H groups in total. The molecule has 0 aliphatic carbocycles. The fraction of sp³-hybridized carbons (Fsp3) is 0.500. The van der Waals surface area contributed by atoms with E-state index in [0.717, 1.165) is 18.9 Å². The zero-order chi connectivity index (χ0) is 21.6. The minimum Gasteiger partial charge on any atom is -0.452 e. The van der Waals surface area contributed by atoms with Crippen LogP contribution in [0.5, 0.6) is 0 Å². The molecule has 1 atom stereocenters. The third-order valence-corrected chi connectivity index (χ3v) is 6.68. The number of nitrogens with zero attached hydrogens (tertiary/aromatic N) is 1. The Balaban J connectivity index is 2.10. The monoisotopic (exact) mass is 445 g/mol. The van der Waals surface area contributed by atoms with Gasteiger partial charge in [-0.05, 0) is 43.9 Å². The topological polar surface area (TPSA) is 122 Å². The van der Waals surface area contributed by atoms with Gasteiger partial charge in [0.1, 0.15) is 4.90 Å². The van der Waals surface area contributed by atoms with E-state index in [9.17, 15) is 22.8 Å². The van der Waals surface area contributed by atoms with E-state index in [-0.39, 0.29) is 21.4 Å². The molecule has 0 saturated carbocycles. The van der Waals surface area contributed by atoms with E-state index in [4.69, 9.17) is 16.3 Å². The number of piperidine rings is 1. The number of benzene rings is 1. The van der Waals surface area contributed by atoms with Gasteiger partial charge in [-0.1, -0.05) is 18.5 Å². The maximum absolute atomic E-state index is 13.0. The van der Waals surface area contributed by atoms with E-state index in [1.54, 1.807) is 6.92 Å². The summed E-state index contributed by atoms with van der Waals surface area (Å²) in [6.45, 7) is 4.07. The summed E-state index contributed by atoms with van der Waals surface area (Å²) in [6, 6.07) is 3.04. The van der Waals surface area contributed by atoms with Crippen LogP contribution in [0.2, 0.25) is 5.02 Å². The molecule has 0 unspecified atom stereocenters. The molecule has 1 aromatic carbocycles. The van der Waals surface area contributed by atoms with E-state index < -0.39 is 34.5 Å². The van der Waals surface area contributed by atoms with E-state index >= 15 is 0 Å². The number of ether oxygens (including phenoxy) is 1. The van der Waals surface area contributed by atoms with Crippen molar-refractivity contribution in [2.75, 3.05) is 26.2 Å². The van der Waals surface area contributed by atoms with E-state index in [1.807, 2.05) is 12.2 Å². The van der Waals surface area contributed by atoms with Crippen LogP contribution in [0.25, 0.3) is 0 Å². The van der Waals surface area contributed by atoms with Crippen molar-refractivity contribution in [3.05, 3.63) is 28.8 Å². The van der Waals surface area contributed by atoms with Gasteiger partial charge in [-0.2, -0.15) is 4.31 Å². The molecule has 9 nitrogen and oxygen atoms in total. The lowest BCUT2D eigenvalue weighted by atomic mass is 10.0. The molecule has 160 valence electrons. The first-order valence-corrected chi connectivity index (χ1v) is 11.0. The summed E-state index contributed by atoms with van der Waals surface area (Å²) < 4.78 is 32.1. The number of rotatable bonds is 6. The summed E-state index contributed by atoms with van der Waals surface area (Å²) in [4.78, 5) is 34.9. The average Bonchev–Trinajstić information content (AvgIpc) is 2.66. The Hall–Kier alpha value is -2.17. The fourth-order valence-electron chi connectivity index (χ4n) is 2.91. The smallest absolute Gasteiger partial charge is 0.338 e. The molecule has 1 aliphatic rings. The highest BCUT2D eigenvalue weighted by Crippen LogP contribution is 2.29. The molecule has 1 aliphatic heterocycles. The van der Waals surface area contributed by atoms with Gasteiger partial charge < -0.3 is 10.1 Å². The molecule has 1 aromatic rings. The third-order valence-electron chi connectivity index (χ3n) is 4.33. The van der Waals surface area contributed by atoms with Crippen molar-refractivity contribution in [2.24, 2.45) is 5.92 Å². The lowest BCUT2D eigenvalue weighted by Gasteiger charge is -2.30. The lowest BCUT2D eigenvalue weighted by molar-refractivity contribution is -0.123. The zero-order valence-corrected chi connectivity index (χ0v) is 17.8.